The summed E-state index contributed by atoms with van der Waals surface area (Å²) in [5.41, 5.74) is 7.00. The van der Waals surface area contributed by atoms with E-state index in [1.807, 2.05) is 60.7 Å². The van der Waals surface area contributed by atoms with E-state index in [9.17, 15) is 0 Å². The summed E-state index contributed by atoms with van der Waals surface area (Å²) in [6.07, 6.45) is 35.5. The minimum Gasteiger partial charge on any atom is -0.0622 e. The van der Waals surface area contributed by atoms with Gasteiger partial charge in [-0.1, -0.05) is 73.9 Å². The molecular formula is C40H60P2Pt+2. The van der Waals surface area contributed by atoms with Crippen LogP contribution in [0.1, 0.15) is 140 Å². The Hall–Kier alpha value is -0.452. The fraction of sp³-hybridized carbons (Fsp3) is 0.650. The number of hydrogen-bond acceptors (Lipinski definition) is 0. The zero-order chi connectivity index (χ0) is 28.7. The molecule has 0 radical (unpaired) electrons. The number of hydrogen-bond donors (Lipinski definition) is 0. The molecule has 2 aromatic rings. The molecule has 0 heterocycles. The Bertz CT molecular complexity index is 917. The maximum atomic E-state index is 3.11. The largest absolute Gasteiger partial charge is 0.0910 e. The van der Waals surface area contributed by atoms with E-state index in [0.717, 1.165) is 11.1 Å². The Labute approximate surface area is 282 Å². The Kier molecular flexibility index (Phi) is 17.0. The van der Waals surface area contributed by atoms with E-state index in [0.29, 0.717) is 0 Å². The first-order valence-electron chi connectivity index (χ1n) is 18.2. The summed E-state index contributed by atoms with van der Waals surface area (Å²) in [7, 11) is -0.182. The monoisotopic (exact) mass is 797 g/mol. The van der Waals surface area contributed by atoms with Gasteiger partial charge in [-0.2, -0.15) is 0 Å². The molecule has 0 aliphatic heterocycles. The summed E-state index contributed by atoms with van der Waals surface area (Å²) in [5.74, 6) is 6.22. The van der Waals surface area contributed by atoms with Crippen LogP contribution in [0.4, 0.5) is 0 Å². The van der Waals surface area contributed by atoms with Crippen molar-refractivity contribution in [1.29, 1.82) is 0 Å². The number of rotatable bonds is 7. The predicted molar refractivity (Wildman–Crippen MR) is 193 cm³/mol. The van der Waals surface area contributed by atoms with Gasteiger partial charge in [0.25, 0.3) is 0 Å². The molecule has 6 rings (SSSR count). The topological polar surface area (TPSA) is 0 Å². The first-order valence-corrected chi connectivity index (χ1v) is 21.9. The van der Waals surface area contributed by atoms with Crippen LogP contribution in [-0.2, 0) is 21.1 Å². The smallest absolute Gasteiger partial charge is 0.0622 e. The Morgan fingerprint density at radius 1 is 0.395 bits per heavy atom. The molecule has 3 heteroatoms. The minimum absolute atomic E-state index is 0. The fourth-order valence-corrected chi connectivity index (χ4v) is 18.7. The van der Waals surface area contributed by atoms with Crippen molar-refractivity contribution in [2.45, 2.75) is 151 Å². The molecule has 2 aromatic carbocycles. The van der Waals surface area contributed by atoms with E-state index in [1.165, 1.54) is 22.6 Å². The van der Waals surface area contributed by atoms with Gasteiger partial charge in [0.2, 0.25) is 0 Å². The van der Waals surface area contributed by atoms with Crippen LogP contribution in [0.2, 0.25) is 0 Å². The van der Waals surface area contributed by atoms with Gasteiger partial charge < -0.3 is 0 Å². The zero-order valence-corrected chi connectivity index (χ0v) is 31.2. The van der Waals surface area contributed by atoms with Gasteiger partial charge in [0.05, 0.1) is 35.0 Å². The maximum Gasteiger partial charge on any atom is 0.0910 e. The van der Waals surface area contributed by atoms with Crippen LogP contribution >= 0.6 is 15.8 Å². The second-order valence-corrected chi connectivity index (χ2v) is 20.5. The first-order chi connectivity index (χ1) is 20.9. The third kappa shape index (κ3) is 12.0. The summed E-state index contributed by atoms with van der Waals surface area (Å²) in [5, 5.41) is 0. The summed E-state index contributed by atoms with van der Waals surface area (Å²) in [6, 6.07) is 20.0. The molecule has 4 aliphatic carbocycles. The molecule has 43 heavy (non-hydrogen) atoms. The van der Waals surface area contributed by atoms with Crippen LogP contribution in [0.25, 0.3) is 0 Å². The van der Waals surface area contributed by atoms with E-state index in [-0.39, 0.29) is 36.9 Å². The van der Waals surface area contributed by atoms with Gasteiger partial charge in [-0.15, -0.1) is 0 Å². The molecule has 0 saturated heterocycles. The minimum atomic E-state index is -0.0909. The molecule has 238 valence electrons. The van der Waals surface area contributed by atoms with Crippen molar-refractivity contribution in [3.63, 3.8) is 0 Å². The van der Waals surface area contributed by atoms with E-state index in [4.69, 9.17) is 0 Å². The number of benzene rings is 2. The van der Waals surface area contributed by atoms with Crippen LogP contribution in [-0.4, -0.2) is 35.0 Å². The van der Waals surface area contributed by atoms with Crippen molar-refractivity contribution in [3.05, 3.63) is 71.8 Å². The average molecular weight is 798 g/mol. The molecule has 4 saturated carbocycles. The van der Waals surface area contributed by atoms with Crippen LogP contribution in [0.3, 0.4) is 0 Å². The zero-order valence-electron chi connectivity index (χ0n) is 27.0. The molecule has 0 nitrogen and oxygen atoms in total. The van der Waals surface area contributed by atoms with Gasteiger partial charge in [-0.05, 0) is 127 Å². The molecule has 4 fully saturated rings. The van der Waals surface area contributed by atoms with Gasteiger partial charge in [-0.3, -0.25) is 0 Å². The van der Waals surface area contributed by atoms with Crippen molar-refractivity contribution in [3.8, 4) is 11.8 Å². The molecule has 4 aliphatic rings. The molecule has 0 spiro atoms. The van der Waals surface area contributed by atoms with E-state index < -0.39 is 0 Å². The summed E-state index contributed by atoms with van der Waals surface area (Å²) in [6.45, 7) is 0. The van der Waals surface area contributed by atoms with Gasteiger partial charge in [0, 0.05) is 48.0 Å². The first kappa shape index (κ1) is 35.4. The van der Waals surface area contributed by atoms with E-state index in [2.05, 4.69) is 11.8 Å². The predicted octanol–water partition coefficient (Wildman–Crippen LogP) is 11.8. The van der Waals surface area contributed by atoms with Crippen LogP contribution < -0.4 is 0 Å². The Morgan fingerprint density at radius 3 is 0.907 bits per heavy atom. The molecule has 0 amide bonds. The van der Waals surface area contributed by atoms with Gasteiger partial charge in [0.1, 0.15) is 0 Å². The summed E-state index contributed by atoms with van der Waals surface area (Å²) >= 11 is 0. The second-order valence-electron chi connectivity index (χ2n) is 14.0. The molecule has 0 unspecified atom stereocenters. The van der Waals surface area contributed by atoms with Gasteiger partial charge in [-0.25, -0.2) is 0 Å². The summed E-state index contributed by atoms with van der Waals surface area (Å²) in [4.78, 5) is 0. The Morgan fingerprint density at radius 2 is 0.651 bits per heavy atom. The molecule has 0 bridgehead atoms. The van der Waals surface area contributed by atoms with Crippen LogP contribution in [0.15, 0.2) is 60.7 Å². The van der Waals surface area contributed by atoms with Crippen LogP contribution in [0.5, 0.6) is 0 Å². The normalized spacial score (nSPS) is 20.9. The fourth-order valence-electron chi connectivity index (χ4n) is 8.85. The van der Waals surface area contributed by atoms with Crippen molar-refractivity contribution in [1.82, 2.24) is 0 Å². The van der Waals surface area contributed by atoms with Crippen molar-refractivity contribution in [2.75, 3.05) is 12.3 Å². The standard InChI is InChI=1S/C26H48P2.C14H10.Pt/c1-5-13-23(14-6-1)27(24-15-7-2-8-16-24)21-22-28(25-17-9-3-10-18-25)26-19-11-4-12-20-26;1-3-7-13(8-4-1)11-12-14-9-5-2-6-10-14;/h23-26H,1-22H2;1-10H;/p+2. The van der Waals surface area contributed by atoms with Crippen molar-refractivity contribution in [2.24, 2.45) is 0 Å². The van der Waals surface area contributed by atoms with Crippen LogP contribution in [0, 0.1) is 11.8 Å². The van der Waals surface area contributed by atoms with E-state index in [1.54, 1.807) is 141 Å². The third-order valence-electron chi connectivity index (χ3n) is 11.1. The second kappa shape index (κ2) is 20.6. The molecule has 0 N–H and O–H groups in total. The van der Waals surface area contributed by atoms with Crippen molar-refractivity contribution < 1.29 is 21.1 Å². The maximum absolute atomic E-state index is 3.11. The molecular weight excluding hydrogens is 737 g/mol. The summed E-state index contributed by atoms with van der Waals surface area (Å²) < 4.78 is 0. The quantitative estimate of drug-likeness (QED) is 0.193. The van der Waals surface area contributed by atoms with Gasteiger partial charge in [0.15, 0.2) is 0 Å². The van der Waals surface area contributed by atoms with E-state index >= 15 is 0 Å². The third-order valence-corrected chi connectivity index (χ3v) is 19.8. The van der Waals surface area contributed by atoms with Crippen molar-refractivity contribution >= 4 is 15.8 Å². The van der Waals surface area contributed by atoms with Gasteiger partial charge >= 0.3 is 0 Å². The SMILES string of the molecule is C(#Cc1ccccc1)c1ccccc1.C1CCC([PH+](CC[PH+](C2CCCCC2)C2CCCCC2)C2CCCCC2)CC1.[Pt]. The molecule has 0 atom stereocenters. The molecule has 0 aromatic heterocycles. The Balaban J connectivity index is 0.000000238. The average Bonchev–Trinajstić information content (AvgIpc) is 3.09.